The van der Waals surface area contributed by atoms with Crippen LogP contribution in [0.1, 0.15) is 16.8 Å². The van der Waals surface area contributed by atoms with Crippen LogP contribution in [0.2, 0.25) is 5.02 Å². The van der Waals surface area contributed by atoms with E-state index in [1.165, 1.54) is 7.11 Å². The molecule has 1 aliphatic heterocycles. The second-order valence-corrected chi connectivity index (χ2v) is 3.82. The van der Waals surface area contributed by atoms with E-state index in [-0.39, 0.29) is 5.78 Å². The Kier molecular flexibility index (Phi) is 3.15. The van der Waals surface area contributed by atoms with Crippen LogP contribution in [0.15, 0.2) is 30.0 Å². The average Bonchev–Trinajstić information content (AvgIpc) is 2.81. The second kappa shape index (κ2) is 4.58. The zero-order valence-corrected chi connectivity index (χ0v) is 9.58. The first-order chi connectivity index (χ1) is 7.72. The minimum Gasteiger partial charge on any atom is -0.496 e. The van der Waals surface area contributed by atoms with Crippen molar-refractivity contribution in [2.45, 2.75) is 6.42 Å². The number of hydrogen-bond donors (Lipinski definition) is 0. The molecular weight excluding hydrogens is 228 g/mol. The van der Waals surface area contributed by atoms with Crippen LogP contribution in [0.4, 0.5) is 0 Å². The number of allylic oxidation sites excluding steroid dienone is 1. The predicted octanol–water partition coefficient (Wildman–Crippen LogP) is 2.84. The van der Waals surface area contributed by atoms with Crippen LogP contribution in [0.25, 0.3) is 0 Å². The van der Waals surface area contributed by atoms with Crippen molar-refractivity contribution in [1.29, 1.82) is 0 Å². The summed E-state index contributed by atoms with van der Waals surface area (Å²) in [6.45, 7) is 0.566. The molecule has 3 nitrogen and oxygen atoms in total. The number of ether oxygens (including phenoxy) is 2. The van der Waals surface area contributed by atoms with E-state index in [1.807, 2.05) is 0 Å². The van der Waals surface area contributed by atoms with Gasteiger partial charge in [0.25, 0.3) is 0 Å². The molecule has 0 radical (unpaired) electrons. The molecule has 0 unspecified atom stereocenters. The van der Waals surface area contributed by atoms with Gasteiger partial charge in [0.2, 0.25) is 5.78 Å². The van der Waals surface area contributed by atoms with Crippen molar-refractivity contribution in [3.63, 3.8) is 0 Å². The number of carbonyl (C=O) groups excluding carboxylic acids is 1. The summed E-state index contributed by atoms with van der Waals surface area (Å²) in [5.74, 6) is 0.695. The van der Waals surface area contributed by atoms with E-state index in [9.17, 15) is 4.79 Å². The largest absolute Gasteiger partial charge is 0.496 e. The Labute approximate surface area is 98.6 Å². The van der Waals surface area contributed by atoms with Crippen LogP contribution in [0.5, 0.6) is 5.75 Å². The number of hydrogen-bond acceptors (Lipinski definition) is 3. The minimum absolute atomic E-state index is 0.161. The molecule has 0 N–H and O–H groups in total. The van der Waals surface area contributed by atoms with Gasteiger partial charge in [-0.2, -0.15) is 0 Å². The molecule has 0 saturated carbocycles. The maximum atomic E-state index is 12.0. The van der Waals surface area contributed by atoms with Crippen molar-refractivity contribution in [1.82, 2.24) is 0 Å². The van der Waals surface area contributed by atoms with Crippen LogP contribution >= 0.6 is 11.6 Å². The van der Waals surface area contributed by atoms with E-state index in [0.29, 0.717) is 28.7 Å². The van der Waals surface area contributed by atoms with Gasteiger partial charge >= 0.3 is 0 Å². The van der Waals surface area contributed by atoms with Crippen molar-refractivity contribution >= 4 is 17.4 Å². The Balaban J connectivity index is 2.35. The molecule has 16 heavy (non-hydrogen) atoms. The third kappa shape index (κ3) is 2.04. The number of ketones is 1. The summed E-state index contributed by atoms with van der Waals surface area (Å²) in [5, 5.41) is 0.537. The smallest absolute Gasteiger partial charge is 0.230 e. The topological polar surface area (TPSA) is 35.5 Å². The van der Waals surface area contributed by atoms with Gasteiger partial charge in [0.05, 0.1) is 19.3 Å². The van der Waals surface area contributed by atoms with E-state index >= 15 is 0 Å². The van der Waals surface area contributed by atoms with Gasteiger partial charge in [0.15, 0.2) is 5.76 Å². The summed E-state index contributed by atoms with van der Waals surface area (Å²) in [6, 6.07) is 4.92. The van der Waals surface area contributed by atoms with Crippen LogP contribution in [-0.4, -0.2) is 19.5 Å². The van der Waals surface area contributed by atoms with Crippen molar-refractivity contribution in [2.24, 2.45) is 0 Å². The fourth-order valence-electron chi connectivity index (χ4n) is 1.56. The van der Waals surface area contributed by atoms with Crippen molar-refractivity contribution in [3.05, 3.63) is 40.6 Å². The predicted molar refractivity (Wildman–Crippen MR) is 61.0 cm³/mol. The molecular formula is C12H11ClO3. The standard InChI is InChI=1S/C12H11ClO3/c1-15-11-7-8(13)4-5-9(11)12(14)10-3-2-6-16-10/h3-5,7H,2,6H2,1H3. The molecule has 0 aromatic heterocycles. The summed E-state index contributed by atoms with van der Waals surface area (Å²) < 4.78 is 10.3. The lowest BCUT2D eigenvalue weighted by atomic mass is 10.1. The molecule has 1 heterocycles. The van der Waals surface area contributed by atoms with E-state index < -0.39 is 0 Å². The zero-order chi connectivity index (χ0) is 11.5. The molecule has 1 aromatic rings. The lowest BCUT2D eigenvalue weighted by Crippen LogP contribution is -2.06. The molecule has 0 fully saturated rings. The summed E-state index contributed by atoms with van der Waals surface area (Å²) in [6.07, 6.45) is 2.56. The molecule has 0 saturated heterocycles. The summed E-state index contributed by atoms with van der Waals surface area (Å²) in [7, 11) is 1.51. The molecule has 0 spiro atoms. The minimum atomic E-state index is -0.161. The van der Waals surface area contributed by atoms with E-state index in [0.717, 1.165) is 6.42 Å². The number of halogens is 1. The summed E-state index contributed by atoms with van der Waals surface area (Å²) in [4.78, 5) is 12.0. The van der Waals surface area contributed by atoms with E-state index in [2.05, 4.69) is 0 Å². The average molecular weight is 239 g/mol. The number of rotatable bonds is 3. The number of benzene rings is 1. The summed E-state index contributed by atoms with van der Waals surface area (Å²) >= 11 is 5.82. The van der Waals surface area contributed by atoms with Gasteiger partial charge in [-0.05, 0) is 24.3 Å². The lowest BCUT2D eigenvalue weighted by Gasteiger charge is -2.08. The third-order valence-corrected chi connectivity index (χ3v) is 2.57. The fourth-order valence-corrected chi connectivity index (χ4v) is 1.72. The summed E-state index contributed by atoms with van der Waals surface area (Å²) in [5.41, 5.74) is 0.472. The van der Waals surface area contributed by atoms with Gasteiger partial charge in [-0.25, -0.2) is 0 Å². The molecule has 1 aromatic carbocycles. The maximum absolute atomic E-state index is 12.0. The molecule has 4 heteroatoms. The zero-order valence-electron chi connectivity index (χ0n) is 8.83. The van der Waals surface area contributed by atoms with Gasteiger partial charge < -0.3 is 9.47 Å². The highest BCUT2D eigenvalue weighted by Gasteiger charge is 2.20. The monoisotopic (exact) mass is 238 g/mol. The first-order valence-electron chi connectivity index (χ1n) is 4.93. The molecule has 0 aliphatic carbocycles. The normalized spacial score (nSPS) is 14.2. The van der Waals surface area contributed by atoms with Crippen LogP contribution in [-0.2, 0) is 4.74 Å². The molecule has 0 atom stereocenters. The van der Waals surface area contributed by atoms with Gasteiger partial charge in [-0.15, -0.1) is 0 Å². The van der Waals surface area contributed by atoms with Crippen molar-refractivity contribution in [2.75, 3.05) is 13.7 Å². The van der Waals surface area contributed by atoms with Gasteiger partial charge in [-0.3, -0.25) is 4.79 Å². The third-order valence-electron chi connectivity index (χ3n) is 2.34. The van der Waals surface area contributed by atoms with Crippen molar-refractivity contribution in [3.8, 4) is 5.75 Å². The Hall–Kier alpha value is -1.48. The molecule has 2 rings (SSSR count). The maximum Gasteiger partial charge on any atom is 0.230 e. The van der Waals surface area contributed by atoms with Gasteiger partial charge in [-0.1, -0.05) is 11.6 Å². The van der Waals surface area contributed by atoms with Gasteiger partial charge in [0, 0.05) is 11.4 Å². The molecule has 0 bridgehead atoms. The first kappa shape index (κ1) is 11.0. The Morgan fingerprint density at radius 2 is 2.31 bits per heavy atom. The number of methoxy groups -OCH3 is 1. The highest BCUT2D eigenvalue weighted by atomic mass is 35.5. The molecule has 0 amide bonds. The Morgan fingerprint density at radius 1 is 1.50 bits per heavy atom. The molecule has 84 valence electrons. The number of Topliss-reactive ketones (excluding diaryl/α,β-unsaturated/α-hetero) is 1. The van der Waals surface area contributed by atoms with Crippen LogP contribution in [0.3, 0.4) is 0 Å². The first-order valence-corrected chi connectivity index (χ1v) is 5.31. The van der Waals surface area contributed by atoms with Crippen LogP contribution < -0.4 is 4.74 Å². The van der Waals surface area contributed by atoms with Gasteiger partial charge in [0.1, 0.15) is 5.75 Å². The highest BCUT2D eigenvalue weighted by Crippen LogP contribution is 2.26. The van der Waals surface area contributed by atoms with Crippen LogP contribution in [0, 0.1) is 0 Å². The van der Waals surface area contributed by atoms with E-state index in [4.69, 9.17) is 21.1 Å². The van der Waals surface area contributed by atoms with E-state index in [1.54, 1.807) is 24.3 Å². The quantitative estimate of drug-likeness (QED) is 0.760. The highest BCUT2D eigenvalue weighted by molar-refractivity contribution is 6.31. The SMILES string of the molecule is COc1cc(Cl)ccc1C(=O)C1=CCCO1. The lowest BCUT2D eigenvalue weighted by molar-refractivity contribution is 0.0939. The molecule has 1 aliphatic rings. The Bertz CT molecular complexity index is 452. The number of carbonyl (C=O) groups is 1. The fraction of sp³-hybridized carbons (Fsp3) is 0.250. The second-order valence-electron chi connectivity index (χ2n) is 3.38. The Morgan fingerprint density at radius 3 is 2.94 bits per heavy atom. The van der Waals surface area contributed by atoms with Crippen molar-refractivity contribution < 1.29 is 14.3 Å².